The largest absolute Gasteiger partial charge is 0.348 e. The van der Waals surface area contributed by atoms with Gasteiger partial charge in [0.1, 0.15) is 5.84 Å². The first-order valence-corrected chi connectivity index (χ1v) is 3.16. The smallest absolute Gasteiger partial charge is 0.256 e. The van der Waals surface area contributed by atoms with Crippen LogP contribution in [0.1, 0.15) is 0 Å². The van der Waals surface area contributed by atoms with Crippen molar-refractivity contribution in [3.63, 3.8) is 0 Å². The molecular formula is C6H6N4O. The molecule has 56 valence electrons. The number of hydrogen-bond acceptors (Lipinski definition) is 4. The summed E-state index contributed by atoms with van der Waals surface area (Å²) in [6.45, 7) is 0. The topological polar surface area (TPSA) is 77.3 Å². The van der Waals surface area contributed by atoms with Gasteiger partial charge < -0.3 is 10.6 Å². The molecule has 0 aromatic rings. The van der Waals surface area contributed by atoms with Gasteiger partial charge in [0.15, 0.2) is 6.04 Å². The fraction of sp³-hybridized carbons (Fsp3) is 0.167. The summed E-state index contributed by atoms with van der Waals surface area (Å²) in [5, 5.41) is 12.3. The van der Waals surface area contributed by atoms with Gasteiger partial charge in [-0.25, -0.2) is 0 Å². The van der Waals surface area contributed by atoms with E-state index in [-0.39, 0.29) is 11.7 Å². The summed E-state index contributed by atoms with van der Waals surface area (Å²) >= 11 is 0. The van der Waals surface area contributed by atoms with Crippen molar-refractivity contribution < 1.29 is 4.79 Å². The van der Waals surface area contributed by atoms with E-state index >= 15 is 0 Å². The van der Waals surface area contributed by atoms with Crippen molar-refractivity contribution in [2.24, 2.45) is 4.99 Å². The molecule has 1 amide bonds. The van der Waals surface area contributed by atoms with Crippen LogP contribution in [0.4, 0.5) is 0 Å². The Morgan fingerprint density at radius 1 is 1.64 bits per heavy atom. The third-order valence-electron chi connectivity index (χ3n) is 1.56. The lowest BCUT2D eigenvalue weighted by Crippen LogP contribution is -2.42. The summed E-state index contributed by atoms with van der Waals surface area (Å²) in [7, 11) is 0. The highest BCUT2D eigenvalue weighted by Gasteiger charge is 2.29. The third-order valence-corrected chi connectivity index (χ3v) is 1.56. The SMILES string of the molecule is N=C1C=C2NC=NC2C(=O)N1. The van der Waals surface area contributed by atoms with E-state index in [1.54, 1.807) is 6.08 Å². The molecule has 0 fully saturated rings. The zero-order valence-electron chi connectivity index (χ0n) is 5.59. The molecule has 11 heavy (non-hydrogen) atoms. The van der Waals surface area contributed by atoms with Gasteiger partial charge in [-0.2, -0.15) is 0 Å². The second kappa shape index (κ2) is 1.91. The minimum Gasteiger partial charge on any atom is -0.348 e. The first-order chi connectivity index (χ1) is 5.27. The molecule has 0 aromatic heterocycles. The van der Waals surface area contributed by atoms with Gasteiger partial charge in [0, 0.05) is 6.08 Å². The highest BCUT2D eigenvalue weighted by Crippen LogP contribution is 2.11. The number of aliphatic imine (C=N–C) groups is 1. The Bertz CT molecular complexity index is 291. The van der Waals surface area contributed by atoms with Crippen LogP contribution < -0.4 is 10.6 Å². The Balaban J connectivity index is 2.40. The molecule has 5 nitrogen and oxygen atoms in total. The normalized spacial score (nSPS) is 27.3. The fourth-order valence-electron chi connectivity index (χ4n) is 1.07. The molecule has 0 saturated heterocycles. The predicted octanol–water partition coefficient (Wildman–Crippen LogP) is -1.02. The van der Waals surface area contributed by atoms with Gasteiger partial charge in [-0.15, -0.1) is 0 Å². The number of nitrogens with zero attached hydrogens (tertiary/aromatic N) is 1. The second-order valence-electron chi connectivity index (χ2n) is 2.33. The molecule has 2 heterocycles. The first kappa shape index (κ1) is 6.09. The molecule has 1 atom stereocenters. The minimum absolute atomic E-state index is 0.110. The lowest BCUT2D eigenvalue weighted by atomic mass is 10.1. The van der Waals surface area contributed by atoms with Gasteiger partial charge in [0.25, 0.3) is 5.91 Å². The predicted molar refractivity (Wildman–Crippen MR) is 39.4 cm³/mol. The number of nitrogens with one attached hydrogen (secondary N) is 3. The average Bonchev–Trinajstić information content (AvgIpc) is 2.34. The molecule has 0 aromatic carbocycles. The number of carbonyl (C=O) groups excluding carboxylic acids is 1. The number of amidine groups is 1. The highest BCUT2D eigenvalue weighted by atomic mass is 16.2. The summed E-state index contributed by atoms with van der Waals surface area (Å²) < 4.78 is 0. The van der Waals surface area contributed by atoms with E-state index in [2.05, 4.69) is 15.6 Å². The van der Waals surface area contributed by atoms with E-state index < -0.39 is 6.04 Å². The molecule has 0 bridgehead atoms. The van der Waals surface area contributed by atoms with Crippen LogP contribution in [0.5, 0.6) is 0 Å². The van der Waals surface area contributed by atoms with Gasteiger partial charge in [-0.1, -0.05) is 0 Å². The summed E-state index contributed by atoms with van der Waals surface area (Å²) in [5.41, 5.74) is 0.679. The van der Waals surface area contributed by atoms with Crippen molar-refractivity contribution in [1.29, 1.82) is 5.41 Å². The second-order valence-corrected chi connectivity index (χ2v) is 2.33. The van der Waals surface area contributed by atoms with Gasteiger partial charge in [0.05, 0.1) is 12.0 Å². The minimum atomic E-state index is -0.455. The Hall–Kier alpha value is -1.65. The molecule has 2 aliphatic heterocycles. The van der Waals surface area contributed by atoms with Crippen molar-refractivity contribution in [3.8, 4) is 0 Å². The summed E-state index contributed by atoms with van der Waals surface area (Å²) in [6.07, 6.45) is 3.02. The van der Waals surface area contributed by atoms with E-state index in [4.69, 9.17) is 5.41 Å². The summed E-state index contributed by atoms with van der Waals surface area (Å²) in [6, 6.07) is -0.455. The molecule has 2 aliphatic rings. The van der Waals surface area contributed by atoms with E-state index in [1.165, 1.54) is 6.34 Å². The van der Waals surface area contributed by atoms with Crippen LogP contribution >= 0.6 is 0 Å². The number of carbonyl (C=O) groups is 1. The van der Waals surface area contributed by atoms with Crippen LogP contribution in [0, 0.1) is 5.41 Å². The van der Waals surface area contributed by atoms with Crippen molar-refractivity contribution in [2.75, 3.05) is 0 Å². The monoisotopic (exact) mass is 150 g/mol. The molecule has 1 unspecified atom stereocenters. The molecular weight excluding hydrogens is 144 g/mol. The summed E-state index contributed by atoms with van der Waals surface area (Å²) in [5.74, 6) is -0.131. The van der Waals surface area contributed by atoms with Crippen LogP contribution in [0.3, 0.4) is 0 Å². The molecule has 2 rings (SSSR count). The van der Waals surface area contributed by atoms with E-state index in [9.17, 15) is 4.79 Å². The average molecular weight is 150 g/mol. The van der Waals surface area contributed by atoms with Crippen LogP contribution in [-0.2, 0) is 4.79 Å². The van der Waals surface area contributed by atoms with Crippen molar-refractivity contribution >= 4 is 18.1 Å². The van der Waals surface area contributed by atoms with Crippen LogP contribution in [0.2, 0.25) is 0 Å². The maximum Gasteiger partial charge on any atom is 0.256 e. The Kier molecular flexibility index (Phi) is 1.06. The third kappa shape index (κ3) is 0.813. The molecule has 5 heteroatoms. The molecule has 0 radical (unpaired) electrons. The number of rotatable bonds is 0. The molecule has 0 saturated carbocycles. The van der Waals surface area contributed by atoms with E-state index in [0.717, 1.165) is 0 Å². The Morgan fingerprint density at radius 2 is 2.45 bits per heavy atom. The van der Waals surface area contributed by atoms with Gasteiger partial charge in [-0.05, 0) is 0 Å². The summed E-state index contributed by atoms with van der Waals surface area (Å²) in [4.78, 5) is 14.9. The number of fused-ring (bicyclic) bond motifs is 1. The van der Waals surface area contributed by atoms with Gasteiger partial charge in [-0.3, -0.25) is 15.2 Å². The Morgan fingerprint density at radius 3 is 3.27 bits per heavy atom. The van der Waals surface area contributed by atoms with Gasteiger partial charge in [0.2, 0.25) is 0 Å². The zero-order valence-corrected chi connectivity index (χ0v) is 5.59. The van der Waals surface area contributed by atoms with E-state index in [0.29, 0.717) is 5.70 Å². The van der Waals surface area contributed by atoms with Gasteiger partial charge >= 0.3 is 0 Å². The zero-order chi connectivity index (χ0) is 7.84. The fourth-order valence-corrected chi connectivity index (χ4v) is 1.07. The van der Waals surface area contributed by atoms with Crippen LogP contribution in [-0.4, -0.2) is 24.1 Å². The lowest BCUT2D eigenvalue weighted by molar-refractivity contribution is -0.120. The number of amides is 1. The lowest BCUT2D eigenvalue weighted by Gasteiger charge is -2.15. The number of hydrogen-bond donors (Lipinski definition) is 3. The van der Waals surface area contributed by atoms with Crippen LogP contribution in [0.15, 0.2) is 16.8 Å². The highest BCUT2D eigenvalue weighted by molar-refractivity contribution is 6.10. The van der Waals surface area contributed by atoms with Crippen molar-refractivity contribution in [2.45, 2.75) is 6.04 Å². The molecule has 0 aliphatic carbocycles. The quantitative estimate of drug-likeness (QED) is 0.413. The first-order valence-electron chi connectivity index (χ1n) is 3.16. The standard InChI is InChI=1S/C6H6N4O/c7-4-1-3-5(6(11)10-4)9-2-8-3/h1-2,5H,(H,8,9)(H2,7,10,11). The molecule has 0 spiro atoms. The maximum absolute atomic E-state index is 11.0. The van der Waals surface area contributed by atoms with Crippen molar-refractivity contribution in [3.05, 3.63) is 11.8 Å². The molecule has 3 N–H and O–H groups in total. The Labute approximate surface area is 62.7 Å². The van der Waals surface area contributed by atoms with Crippen LogP contribution in [0.25, 0.3) is 0 Å². The maximum atomic E-state index is 11.0. The van der Waals surface area contributed by atoms with E-state index in [1.807, 2.05) is 0 Å². The van der Waals surface area contributed by atoms with Crippen molar-refractivity contribution in [1.82, 2.24) is 10.6 Å².